The number of carbonyl (C=O) groups is 1. The number of carboxylic acid groups (broad SMARTS) is 1. The van der Waals surface area contributed by atoms with Crippen LogP contribution in [0.3, 0.4) is 0 Å². The smallest absolute Gasteiger partial charge is 0.306 e. The van der Waals surface area contributed by atoms with Gasteiger partial charge in [0, 0.05) is 12.1 Å². The minimum absolute atomic E-state index is 0.0863. The minimum atomic E-state index is -0.699. The average Bonchev–Trinajstić information content (AvgIpc) is 2.45. The summed E-state index contributed by atoms with van der Waals surface area (Å²) in [6, 6.07) is 6.93. The molecule has 110 valence electrons. The normalized spacial score (nSPS) is 24.3. The summed E-state index contributed by atoms with van der Waals surface area (Å²) in [5.41, 5.74) is 0.935. The van der Waals surface area contributed by atoms with E-state index in [0.29, 0.717) is 6.42 Å². The van der Waals surface area contributed by atoms with Gasteiger partial charge in [-0.3, -0.25) is 4.79 Å². The topological polar surface area (TPSA) is 49.3 Å². The Morgan fingerprint density at radius 2 is 2.30 bits per heavy atom. The van der Waals surface area contributed by atoms with E-state index in [1.54, 1.807) is 12.1 Å². The van der Waals surface area contributed by atoms with Crippen molar-refractivity contribution in [3.63, 3.8) is 0 Å². The molecule has 0 heterocycles. The lowest BCUT2D eigenvalue weighted by Crippen LogP contribution is -2.38. The second-order valence-electron chi connectivity index (χ2n) is 5.58. The molecule has 3 unspecified atom stereocenters. The summed E-state index contributed by atoms with van der Waals surface area (Å²) >= 11 is 0. The van der Waals surface area contributed by atoms with Gasteiger partial charge in [-0.05, 0) is 43.4 Å². The van der Waals surface area contributed by atoms with Crippen LogP contribution < -0.4 is 5.32 Å². The molecule has 4 heteroatoms. The molecule has 0 radical (unpaired) electrons. The number of halogens is 1. The van der Waals surface area contributed by atoms with E-state index in [1.165, 1.54) is 6.07 Å². The van der Waals surface area contributed by atoms with Crippen LogP contribution in [-0.4, -0.2) is 17.1 Å². The SMILES string of the molecule is CCC(NC1CCCC(C(=O)O)C1)c1cccc(F)c1. The van der Waals surface area contributed by atoms with Crippen LogP contribution in [0.5, 0.6) is 0 Å². The molecule has 0 aliphatic heterocycles. The average molecular weight is 279 g/mol. The number of hydrogen-bond donors (Lipinski definition) is 2. The Bertz CT molecular complexity index is 464. The van der Waals surface area contributed by atoms with Crippen LogP contribution in [0.2, 0.25) is 0 Å². The lowest BCUT2D eigenvalue weighted by molar-refractivity contribution is -0.143. The van der Waals surface area contributed by atoms with Gasteiger partial charge >= 0.3 is 5.97 Å². The van der Waals surface area contributed by atoms with E-state index in [-0.39, 0.29) is 23.8 Å². The van der Waals surface area contributed by atoms with Crippen molar-refractivity contribution < 1.29 is 14.3 Å². The van der Waals surface area contributed by atoms with Crippen molar-refractivity contribution in [1.82, 2.24) is 5.32 Å². The second kappa shape index (κ2) is 6.84. The molecule has 20 heavy (non-hydrogen) atoms. The highest BCUT2D eigenvalue weighted by molar-refractivity contribution is 5.70. The number of carboxylic acids is 1. The second-order valence-corrected chi connectivity index (χ2v) is 5.58. The maximum Gasteiger partial charge on any atom is 0.306 e. The first-order valence-electron chi connectivity index (χ1n) is 7.34. The third-order valence-corrected chi connectivity index (χ3v) is 4.12. The Labute approximate surface area is 119 Å². The number of benzene rings is 1. The van der Waals surface area contributed by atoms with Crippen molar-refractivity contribution in [2.45, 2.75) is 51.1 Å². The van der Waals surface area contributed by atoms with E-state index in [9.17, 15) is 9.18 Å². The molecule has 1 aliphatic carbocycles. The molecule has 0 aromatic heterocycles. The van der Waals surface area contributed by atoms with E-state index < -0.39 is 5.97 Å². The van der Waals surface area contributed by atoms with Crippen molar-refractivity contribution in [1.29, 1.82) is 0 Å². The third kappa shape index (κ3) is 3.79. The number of hydrogen-bond acceptors (Lipinski definition) is 2. The Morgan fingerprint density at radius 1 is 1.50 bits per heavy atom. The molecular formula is C16H22FNO2. The molecule has 0 bridgehead atoms. The van der Waals surface area contributed by atoms with E-state index in [0.717, 1.165) is 31.2 Å². The van der Waals surface area contributed by atoms with E-state index in [4.69, 9.17) is 5.11 Å². The first kappa shape index (κ1) is 15.0. The first-order valence-corrected chi connectivity index (χ1v) is 7.34. The number of aliphatic carboxylic acids is 1. The molecule has 0 spiro atoms. The third-order valence-electron chi connectivity index (χ3n) is 4.12. The summed E-state index contributed by atoms with van der Waals surface area (Å²) in [5.74, 6) is -1.17. The van der Waals surface area contributed by atoms with Crippen molar-refractivity contribution in [2.75, 3.05) is 0 Å². The van der Waals surface area contributed by atoms with Crippen molar-refractivity contribution >= 4 is 5.97 Å². The molecule has 1 fully saturated rings. The van der Waals surface area contributed by atoms with Gasteiger partial charge in [-0.15, -0.1) is 0 Å². The van der Waals surface area contributed by atoms with E-state index in [1.807, 2.05) is 6.07 Å². The quantitative estimate of drug-likeness (QED) is 0.867. The van der Waals surface area contributed by atoms with Crippen LogP contribution in [0.1, 0.15) is 50.6 Å². The summed E-state index contributed by atoms with van der Waals surface area (Å²) in [4.78, 5) is 11.1. The fourth-order valence-corrected chi connectivity index (χ4v) is 3.02. The first-order chi connectivity index (χ1) is 9.60. The summed E-state index contributed by atoms with van der Waals surface area (Å²) in [7, 11) is 0. The largest absolute Gasteiger partial charge is 0.481 e. The van der Waals surface area contributed by atoms with Gasteiger partial charge in [0.25, 0.3) is 0 Å². The van der Waals surface area contributed by atoms with Gasteiger partial charge in [0.15, 0.2) is 0 Å². The van der Waals surface area contributed by atoms with Crippen molar-refractivity contribution in [3.05, 3.63) is 35.6 Å². The predicted octanol–water partition coefficient (Wildman–Crippen LogP) is 3.51. The van der Waals surface area contributed by atoms with Crippen LogP contribution in [0.4, 0.5) is 4.39 Å². The molecule has 2 rings (SSSR count). The molecular weight excluding hydrogens is 257 g/mol. The molecule has 2 N–H and O–H groups in total. The predicted molar refractivity (Wildman–Crippen MR) is 75.9 cm³/mol. The maximum absolute atomic E-state index is 13.3. The minimum Gasteiger partial charge on any atom is -0.481 e. The maximum atomic E-state index is 13.3. The van der Waals surface area contributed by atoms with Crippen molar-refractivity contribution in [3.8, 4) is 0 Å². The Balaban J connectivity index is 2.01. The zero-order valence-corrected chi connectivity index (χ0v) is 11.8. The lowest BCUT2D eigenvalue weighted by atomic mass is 9.85. The summed E-state index contributed by atoms with van der Waals surface area (Å²) in [5, 5.41) is 12.6. The van der Waals surface area contributed by atoms with Crippen LogP contribution >= 0.6 is 0 Å². The zero-order valence-electron chi connectivity index (χ0n) is 11.8. The summed E-state index contributed by atoms with van der Waals surface area (Å²) in [6.07, 6.45) is 4.23. The molecule has 1 aliphatic rings. The Hall–Kier alpha value is -1.42. The standard InChI is InChI=1S/C16H22FNO2/c1-2-15(11-5-3-7-13(17)9-11)18-14-8-4-6-12(10-14)16(19)20/h3,5,7,9,12,14-15,18H,2,4,6,8,10H2,1H3,(H,19,20). The highest BCUT2D eigenvalue weighted by Gasteiger charge is 2.28. The van der Waals surface area contributed by atoms with Crippen LogP contribution in [0.25, 0.3) is 0 Å². The molecule has 0 amide bonds. The van der Waals surface area contributed by atoms with Gasteiger partial charge in [-0.1, -0.05) is 25.5 Å². The molecule has 0 saturated heterocycles. The van der Waals surface area contributed by atoms with Gasteiger partial charge < -0.3 is 10.4 Å². The van der Waals surface area contributed by atoms with E-state index >= 15 is 0 Å². The highest BCUT2D eigenvalue weighted by atomic mass is 19.1. The van der Waals surface area contributed by atoms with Crippen LogP contribution in [0, 0.1) is 11.7 Å². The fraction of sp³-hybridized carbons (Fsp3) is 0.562. The molecule has 1 aromatic rings. The van der Waals surface area contributed by atoms with Gasteiger partial charge in [-0.2, -0.15) is 0 Å². The lowest BCUT2D eigenvalue weighted by Gasteiger charge is -2.31. The van der Waals surface area contributed by atoms with Crippen molar-refractivity contribution in [2.24, 2.45) is 5.92 Å². The Morgan fingerprint density at radius 3 is 2.95 bits per heavy atom. The number of nitrogens with one attached hydrogen (secondary N) is 1. The molecule has 3 nitrogen and oxygen atoms in total. The number of rotatable bonds is 5. The summed E-state index contributed by atoms with van der Waals surface area (Å²) < 4.78 is 13.3. The van der Waals surface area contributed by atoms with Gasteiger partial charge in [0.2, 0.25) is 0 Å². The highest BCUT2D eigenvalue weighted by Crippen LogP contribution is 2.27. The summed E-state index contributed by atoms with van der Waals surface area (Å²) in [6.45, 7) is 2.06. The molecule has 1 saturated carbocycles. The molecule has 1 aromatic carbocycles. The van der Waals surface area contributed by atoms with Crippen LogP contribution in [-0.2, 0) is 4.79 Å². The van der Waals surface area contributed by atoms with E-state index in [2.05, 4.69) is 12.2 Å². The van der Waals surface area contributed by atoms with Gasteiger partial charge in [-0.25, -0.2) is 4.39 Å². The fourth-order valence-electron chi connectivity index (χ4n) is 3.02. The van der Waals surface area contributed by atoms with Crippen LogP contribution in [0.15, 0.2) is 24.3 Å². The van der Waals surface area contributed by atoms with Gasteiger partial charge in [0.1, 0.15) is 5.82 Å². The monoisotopic (exact) mass is 279 g/mol. The zero-order chi connectivity index (χ0) is 14.5. The molecule has 3 atom stereocenters. The van der Waals surface area contributed by atoms with Gasteiger partial charge in [0.05, 0.1) is 5.92 Å². The Kier molecular flexibility index (Phi) is 5.12.